The number of hydrogen-bond acceptors (Lipinski definition) is 4. The maximum absolute atomic E-state index is 12.8. The van der Waals surface area contributed by atoms with Gasteiger partial charge in [-0.2, -0.15) is 13.2 Å². The fourth-order valence-electron chi connectivity index (χ4n) is 3.22. The van der Waals surface area contributed by atoms with Crippen molar-refractivity contribution in [2.45, 2.75) is 19.0 Å². The number of halogens is 4. The molecule has 3 rings (SSSR count). The van der Waals surface area contributed by atoms with E-state index in [0.29, 0.717) is 57.8 Å². The summed E-state index contributed by atoms with van der Waals surface area (Å²) < 4.78 is 38.5. The van der Waals surface area contributed by atoms with Gasteiger partial charge in [0.05, 0.1) is 5.56 Å². The normalized spacial score (nSPS) is 19.0. The minimum atomic E-state index is -4.34. The van der Waals surface area contributed by atoms with Crippen molar-refractivity contribution in [3.05, 3.63) is 29.8 Å². The highest BCUT2D eigenvalue weighted by atomic mass is 35.5. The van der Waals surface area contributed by atoms with Crippen molar-refractivity contribution in [1.29, 1.82) is 0 Å². The zero-order valence-corrected chi connectivity index (χ0v) is 15.0. The lowest BCUT2D eigenvalue weighted by Gasteiger charge is -2.36. The summed E-state index contributed by atoms with van der Waals surface area (Å²) in [6.45, 7) is 3.60. The fraction of sp³-hybridized carbons (Fsp3) is 0.529. The molecule has 0 radical (unpaired) electrons. The lowest BCUT2D eigenvalue weighted by molar-refractivity contribution is -0.139. The van der Waals surface area contributed by atoms with Gasteiger partial charge in [-0.25, -0.2) is 0 Å². The minimum Gasteiger partial charge on any atom is -0.369 e. The molecule has 0 saturated carbocycles. The van der Waals surface area contributed by atoms with Crippen molar-refractivity contribution in [2.75, 3.05) is 44.2 Å². The van der Waals surface area contributed by atoms with Gasteiger partial charge in [0.1, 0.15) is 0 Å². The fourth-order valence-corrected chi connectivity index (χ4v) is 3.22. The van der Waals surface area contributed by atoms with E-state index >= 15 is 0 Å². The third-order valence-corrected chi connectivity index (χ3v) is 4.71. The van der Waals surface area contributed by atoms with Crippen LogP contribution in [0.3, 0.4) is 0 Å². The summed E-state index contributed by atoms with van der Waals surface area (Å²) >= 11 is 0. The van der Waals surface area contributed by atoms with Crippen LogP contribution in [-0.4, -0.2) is 60.9 Å². The summed E-state index contributed by atoms with van der Waals surface area (Å²) in [4.78, 5) is 28.5. The van der Waals surface area contributed by atoms with E-state index in [1.165, 1.54) is 17.0 Å². The third kappa shape index (κ3) is 4.67. The van der Waals surface area contributed by atoms with Gasteiger partial charge in [-0.15, -0.1) is 12.4 Å². The summed E-state index contributed by atoms with van der Waals surface area (Å²) in [5.74, 6) is -0.236. The highest BCUT2D eigenvalue weighted by Gasteiger charge is 2.31. The van der Waals surface area contributed by atoms with Gasteiger partial charge < -0.3 is 4.90 Å². The van der Waals surface area contributed by atoms with Crippen LogP contribution in [0.5, 0.6) is 0 Å². The molecule has 1 aromatic rings. The van der Waals surface area contributed by atoms with Gasteiger partial charge >= 0.3 is 6.18 Å². The van der Waals surface area contributed by atoms with Crippen LogP contribution in [0.2, 0.25) is 0 Å². The average Bonchev–Trinajstić information content (AvgIpc) is 2.91. The van der Waals surface area contributed by atoms with Gasteiger partial charge in [-0.1, -0.05) is 6.07 Å². The van der Waals surface area contributed by atoms with Crippen LogP contribution in [-0.2, 0) is 15.8 Å². The molecule has 144 valence electrons. The standard InChI is InChI=1S/C17H20F3N3O2.ClH/c18-17(19,20)13-2-1-3-14(12-13)22-9-6-21(7-10-22)8-11-23-15(24)4-5-16(23)25;/h1-3,12H,4-11H2;1H. The second-order valence-electron chi connectivity index (χ2n) is 6.32. The number of piperazine rings is 1. The van der Waals surface area contributed by atoms with E-state index in [9.17, 15) is 22.8 Å². The molecule has 2 fully saturated rings. The molecule has 0 aromatic heterocycles. The molecule has 2 aliphatic heterocycles. The van der Waals surface area contributed by atoms with Gasteiger partial charge in [0, 0.05) is 57.8 Å². The Balaban J connectivity index is 0.00000243. The second-order valence-corrected chi connectivity index (χ2v) is 6.32. The van der Waals surface area contributed by atoms with Crippen LogP contribution in [0.1, 0.15) is 18.4 Å². The number of imide groups is 1. The van der Waals surface area contributed by atoms with Crippen LogP contribution >= 0.6 is 12.4 Å². The number of alkyl halides is 3. The van der Waals surface area contributed by atoms with Gasteiger partial charge in [-0.3, -0.25) is 19.4 Å². The number of amides is 2. The van der Waals surface area contributed by atoms with Crippen molar-refractivity contribution in [1.82, 2.24) is 9.80 Å². The maximum Gasteiger partial charge on any atom is 0.416 e. The van der Waals surface area contributed by atoms with E-state index in [2.05, 4.69) is 4.90 Å². The van der Waals surface area contributed by atoms with Crippen molar-refractivity contribution in [3.63, 3.8) is 0 Å². The first-order valence-corrected chi connectivity index (χ1v) is 8.32. The Kier molecular flexibility index (Phi) is 6.52. The van der Waals surface area contributed by atoms with E-state index in [1.54, 1.807) is 6.07 Å². The number of anilines is 1. The Morgan fingerprint density at radius 2 is 1.54 bits per heavy atom. The molecule has 2 aliphatic rings. The Hall–Kier alpha value is -1.80. The first kappa shape index (κ1) is 20.5. The van der Waals surface area contributed by atoms with Crippen LogP contribution in [0.25, 0.3) is 0 Å². The van der Waals surface area contributed by atoms with Gasteiger partial charge in [0.2, 0.25) is 11.8 Å². The minimum absolute atomic E-state index is 0. The Morgan fingerprint density at radius 3 is 2.12 bits per heavy atom. The number of nitrogens with zero attached hydrogens (tertiary/aromatic N) is 3. The van der Waals surface area contributed by atoms with E-state index < -0.39 is 11.7 Å². The zero-order chi connectivity index (χ0) is 18.0. The number of carbonyl (C=O) groups is 2. The first-order chi connectivity index (χ1) is 11.8. The number of carbonyl (C=O) groups excluding carboxylic acids is 2. The molecule has 26 heavy (non-hydrogen) atoms. The number of likely N-dealkylation sites (tertiary alicyclic amines) is 1. The molecule has 2 saturated heterocycles. The van der Waals surface area contributed by atoms with Crippen molar-refractivity contribution >= 4 is 29.9 Å². The molecule has 0 spiro atoms. The molecular formula is C17H21ClF3N3O2. The molecule has 0 N–H and O–H groups in total. The first-order valence-electron chi connectivity index (χ1n) is 8.32. The second kappa shape index (κ2) is 8.26. The van der Waals surface area contributed by atoms with Crippen molar-refractivity contribution in [2.24, 2.45) is 0 Å². The molecule has 0 bridgehead atoms. The highest BCUT2D eigenvalue weighted by molar-refractivity contribution is 6.01. The van der Waals surface area contributed by atoms with Crippen LogP contribution in [0.15, 0.2) is 24.3 Å². The number of rotatable bonds is 4. The summed E-state index contributed by atoms with van der Waals surface area (Å²) in [5, 5.41) is 0. The molecule has 9 heteroatoms. The van der Waals surface area contributed by atoms with Gasteiger partial charge in [0.25, 0.3) is 0 Å². The van der Waals surface area contributed by atoms with Crippen molar-refractivity contribution < 1.29 is 22.8 Å². The smallest absolute Gasteiger partial charge is 0.369 e. The number of hydrogen-bond donors (Lipinski definition) is 0. The van der Waals surface area contributed by atoms with E-state index in [-0.39, 0.29) is 24.2 Å². The Morgan fingerprint density at radius 1 is 0.923 bits per heavy atom. The van der Waals surface area contributed by atoms with Gasteiger partial charge in [0.15, 0.2) is 0 Å². The largest absolute Gasteiger partial charge is 0.416 e. The molecule has 0 aliphatic carbocycles. The van der Waals surface area contributed by atoms with E-state index in [4.69, 9.17) is 0 Å². The Labute approximate surface area is 156 Å². The van der Waals surface area contributed by atoms with E-state index in [1.807, 2.05) is 4.90 Å². The average molecular weight is 392 g/mol. The lowest BCUT2D eigenvalue weighted by atomic mass is 10.1. The van der Waals surface area contributed by atoms with Gasteiger partial charge in [-0.05, 0) is 18.2 Å². The molecule has 2 amide bonds. The van der Waals surface area contributed by atoms with Crippen LogP contribution in [0.4, 0.5) is 18.9 Å². The Bertz CT molecular complexity index is 645. The summed E-state index contributed by atoms with van der Waals surface area (Å²) in [7, 11) is 0. The summed E-state index contributed by atoms with van der Waals surface area (Å²) in [5.41, 5.74) is -0.0714. The third-order valence-electron chi connectivity index (χ3n) is 4.71. The predicted octanol–water partition coefficient (Wildman–Crippen LogP) is 2.40. The summed E-state index contributed by atoms with van der Waals surface area (Å²) in [6, 6.07) is 5.36. The lowest BCUT2D eigenvalue weighted by Crippen LogP contribution is -2.49. The zero-order valence-electron chi connectivity index (χ0n) is 14.2. The van der Waals surface area contributed by atoms with E-state index in [0.717, 1.165) is 6.07 Å². The monoisotopic (exact) mass is 391 g/mol. The molecule has 2 heterocycles. The van der Waals surface area contributed by atoms with Crippen LogP contribution in [0, 0.1) is 0 Å². The predicted molar refractivity (Wildman–Crippen MR) is 93.3 cm³/mol. The molecule has 5 nitrogen and oxygen atoms in total. The highest BCUT2D eigenvalue weighted by Crippen LogP contribution is 2.31. The topological polar surface area (TPSA) is 43.9 Å². The summed E-state index contributed by atoms with van der Waals surface area (Å²) in [6.07, 6.45) is -3.75. The maximum atomic E-state index is 12.8. The SMILES string of the molecule is Cl.O=C1CCC(=O)N1CCN1CCN(c2cccc(C(F)(F)F)c2)CC1. The molecule has 1 aromatic carbocycles. The molecule has 0 unspecified atom stereocenters. The van der Waals surface area contributed by atoms with Crippen LogP contribution < -0.4 is 4.90 Å². The number of benzene rings is 1. The quantitative estimate of drug-likeness (QED) is 0.739. The molecule has 0 atom stereocenters. The van der Waals surface area contributed by atoms with Crippen molar-refractivity contribution in [3.8, 4) is 0 Å². The molecular weight excluding hydrogens is 371 g/mol.